The molecule has 2 rings (SSSR count). The van der Waals surface area contributed by atoms with E-state index in [2.05, 4.69) is 10.3 Å². The second kappa shape index (κ2) is 5.47. The van der Waals surface area contributed by atoms with Crippen LogP contribution in [0.3, 0.4) is 0 Å². The Morgan fingerprint density at radius 1 is 1.09 bits per heavy atom. The van der Waals surface area contributed by atoms with Crippen LogP contribution in [0.2, 0.25) is 0 Å². The molecule has 0 spiro atoms. The van der Waals surface area contributed by atoms with Crippen LogP contribution >= 0.6 is 0 Å². The molecule has 1 N–H and O–H groups in total. The van der Waals surface area contributed by atoms with E-state index in [4.69, 9.17) is 0 Å². The Bertz CT molecular complexity index is 657. The van der Waals surface area contributed by atoms with Crippen LogP contribution in [0, 0.1) is 0 Å². The molecule has 3 nitrogen and oxygen atoms in total. The second-order valence-electron chi connectivity index (χ2n) is 4.40. The molecule has 22 heavy (non-hydrogen) atoms. The lowest BCUT2D eigenvalue weighted by atomic mass is 10.1. The van der Waals surface area contributed by atoms with Crippen LogP contribution in [0.25, 0.3) is 0 Å². The topological polar surface area (TPSA) is 41.5 Å². The molecule has 0 aliphatic carbocycles. The SMILES string of the molecule is O=C(CC1=CC(C(F)(F)F)=Nc2ccccc2N1)C(F)(F)F. The van der Waals surface area contributed by atoms with Gasteiger partial charge >= 0.3 is 12.4 Å². The summed E-state index contributed by atoms with van der Waals surface area (Å²) in [6.07, 6.45) is -10.8. The highest BCUT2D eigenvalue weighted by molar-refractivity contribution is 6.04. The number of carbonyl (C=O) groups is 1. The minimum absolute atomic E-state index is 0.0828. The molecule has 0 atom stereocenters. The van der Waals surface area contributed by atoms with E-state index in [0.29, 0.717) is 6.08 Å². The molecule has 1 aliphatic rings. The van der Waals surface area contributed by atoms with Crippen molar-refractivity contribution < 1.29 is 31.1 Å². The van der Waals surface area contributed by atoms with E-state index in [1.165, 1.54) is 24.3 Å². The highest BCUT2D eigenvalue weighted by Crippen LogP contribution is 2.33. The fourth-order valence-corrected chi connectivity index (χ4v) is 1.73. The molecule has 1 aromatic carbocycles. The van der Waals surface area contributed by atoms with Gasteiger partial charge in [-0.05, 0) is 18.2 Å². The van der Waals surface area contributed by atoms with Gasteiger partial charge in [-0.25, -0.2) is 4.99 Å². The van der Waals surface area contributed by atoms with Gasteiger partial charge in [0.2, 0.25) is 5.78 Å². The van der Waals surface area contributed by atoms with Gasteiger partial charge in [0.15, 0.2) is 0 Å². The number of alkyl halides is 6. The number of hydrogen-bond donors (Lipinski definition) is 1. The number of nitrogens with zero attached hydrogens (tertiary/aromatic N) is 1. The van der Waals surface area contributed by atoms with Gasteiger partial charge in [-0.3, -0.25) is 4.79 Å². The van der Waals surface area contributed by atoms with Gasteiger partial charge < -0.3 is 5.32 Å². The number of carbonyl (C=O) groups excluding carboxylic acids is 1. The molecule has 0 radical (unpaired) electrons. The summed E-state index contributed by atoms with van der Waals surface area (Å²) < 4.78 is 75.4. The summed E-state index contributed by atoms with van der Waals surface area (Å²) in [5, 5.41) is 2.39. The number of anilines is 1. The lowest BCUT2D eigenvalue weighted by molar-refractivity contribution is -0.170. The maximum absolute atomic E-state index is 12.9. The molecule has 0 saturated heterocycles. The van der Waals surface area contributed by atoms with Gasteiger partial charge in [0, 0.05) is 5.70 Å². The number of para-hydroxylation sites is 2. The molecule has 9 heteroatoms. The van der Waals surface area contributed by atoms with Gasteiger partial charge in [-0.15, -0.1) is 0 Å². The third-order valence-electron chi connectivity index (χ3n) is 2.71. The maximum Gasteiger partial charge on any atom is 0.450 e. The Hall–Kier alpha value is -2.32. The fraction of sp³-hybridized carbons (Fsp3) is 0.231. The number of rotatable bonds is 2. The zero-order chi connectivity index (χ0) is 16.5. The Balaban J connectivity index is 2.42. The van der Waals surface area contributed by atoms with E-state index in [1.807, 2.05) is 0 Å². The third kappa shape index (κ3) is 3.66. The lowest BCUT2D eigenvalue weighted by Crippen LogP contribution is -2.25. The molecule has 0 aromatic heterocycles. The van der Waals surface area contributed by atoms with E-state index >= 15 is 0 Å². The summed E-state index contributed by atoms with van der Waals surface area (Å²) in [5.74, 6) is -2.15. The molecular formula is C13H8F6N2O. The van der Waals surface area contributed by atoms with E-state index in [9.17, 15) is 31.1 Å². The summed E-state index contributed by atoms with van der Waals surface area (Å²) in [4.78, 5) is 14.4. The summed E-state index contributed by atoms with van der Waals surface area (Å²) >= 11 is 0. The van der Waals surface area contributed by atoms with Gasteiger partial charge in [-0.2, -0.15) is 26.3 Å². The number of Topliss-reactive ketones (excluding diaryl/α,β-unsaturated/α-hetero) is 1. The highest BCUT2D eigenvalue weighted by atomic mass is 19.4. The second-order valence-corrected chi connectivity index (χ2v) is 4.40. The van der Waals surface area contributed by atoms with Gasteiger partial charge in [0.25, 0.3) is 0 Å². The molecule has 1 aromatic rings. The minimum atomic E-state index is -5.12. The quantitative estimate of drug-likeness (QED) is 0.831. The van der Waals surface area contributed by atoms with Gasteiger partial charge in [0.05, 0.1) is 17.8 Å². The third-order valence-corrected chi connectivity index (χ3v) is 2.71. The number of halogens is 6. The average Bonchev–Trinajstić information content (AvgIpc) is 2.55. The smallest absolute Gasteiger partial charge is 0.357 e. The molecular weight excluding hydrogens is 314 g/mol. The monoisotopic (exact) mass is 322 g/mol. The van der Waals surface area contributed by atoms with E-state index < -0.39 is 36.0 Å². The Labute approximate surface area is 120 Å². The van der Waals surface area contributed by atoms with Gasteiger partial charge in [-0.1, -0.05) is 12.1 Å². The van der Waals surface area contributed by atoms with Crippen molar-refractivity contribution >= 4 is 22.9 Å². The number of fused-ring (bicyclic) bond motifs is 1. The number of nitrogens with one attached hydrogen (secondary N) is 1. The van der Waals surface area contributed by atoms with Crippen LogP contribution in [0.15, 0.2) is 41.0 Å². The van der Waals surface area contributed by atoms with Crippen LogP contribution < -0.4 is 5.32 Å². The lowest BCUT2D eigenvalue weighted by Gasteiger charge is -2.11. The van der Waals surface area contributed by atoms with Crippen LogP contribution in [0.5, 0.6) is 0 Å². The predicted octanol–water partition coefficient (Wildman–Crippen LogP) is 4.15. The fourth-order valence-electron chi connectivity index (χ4n) is 1.73. The van der Waals surface area contributed by atoms with Crippen LogP contribution in [0.4, 0.5) is 37.7 Å². The molecule has 0 fully saturated rings. The highest BCUT2D eigenvalue weighted by Gasteiger charge is 2.40. The van der Waals surface area contributed by atoms with Crippen molar-refractivity contribution in [3.63, 3.8) is 0 Å². The minimum Gasteiger partial charge on any atom is -0.357 e. The Morgan fingerprint density at radius 3 is 2.32 bits per heavy atom. The Kier molecular flexibility index (Phi) is 3.99. The van der Waals surface area contributed by atoms with E-state index in [1.54, 1.807) is 0 Å². The van der Waals surface area contributed by atoms with Crippen molar-refractivity contribution in [2.75, 3.05) is 5.32 Å². The zero-order valence-corrected chi connectivity index (χ0v) is 10.7. The molecule has 0 unspecified atom stereocenters. The van der Waals surface area contributed by atoms with Crippen molar-refractivity contribution in [3.05, 3.63) is 36.0 Å². The average molecular weight is 322 g/mol. The summed E-state index contributed by atoms with van der Waals surface area (Å²) in [6.45, 7) is 0. The van der Waals surface area contributed by atoms with Crippen molar-refractivity contribution in [1.82, 2.24) is 0 Å². The zero-order valence-electron chi connectivity index (χ0n) is 10.7. The first-order valence-corrected chi connectivity index (χ1v) is 5.90. The summed E-state index contributed by atoms with van der Waals surface area (Å²) in [5.41, 5.74) is -1.90. The number of ketones is 1. The van der Waals surface area contributed by atoms with Crippen LogP contribution in [-0.4, -0.2) is 23.8 Å². The molecule has 1 heterocycles. The van der Waals surface area contributed by atoms with E-state index in [-0.39, 0.29) is 11.4 Å². The first-order chi connectivity index (χ1) is 10.1. The molecule has 118 valence electrons. The van der Waals surface area contributed by atoms with Crippen molar-refractivity contribution in [2.24, 2.45) is 4.99 Å². The number of aliphatic imine (C=N–C) groups is 1. The van der Waals surface area contributed by atoms with Gasteiger partial charge in [0.1, 0.15) is 5.71 Å². The first-order valence-electron chi connectivity index (χ1n) is 5.90. The summed E-state index contributed by atoms with van der Waals surface area (Å²) in [6, 6.07) is 5.54. The standard InChI is InChI=1S/C13H8F6N2O/c14-12(15,16)10-5-7(6-11(22)13(17,18)19)20-8-3-1-2-4-9(8)21-10/h1-5,20H,6H2. The molecule has 1 aliphatic heterocycles. The van der Waals surface area contributed by atoms with Crippen LogP contribution in [0.1, 0.15) is 6.42 Å². The van der Waals surface area contributed by atoms with Crippen molar-refractivity contribution in [2.45, 2.75) is 18.8 Å². The number of benzene rings is 1. The normalized spacial score (nSPS) is 15.2. The molecule has 0 amide bonds. The first kappa shape index (κ1) is 16.1. The maximum atomic E-state index is 12.9. The number of allylic oxidation sites excluding steroid dienone is 2. The molecule has 0 saturated carbocycles. The summed E-state index contributed by atoms with van der Waals surface area (Å²) in [7, 11) is 0. The predicted molar refractivity (Wildman–Crippen MR) is 67.0 cm³/mol. The van der Waals surface area contributed by atoms with E-state index in [0.717, 1.165) is 0 Å². The number of hydrogen-bond acceptors (Lipinski definition) is 3. The van der Waals surface area contributed by atoms with Crippen LogP contribution in [-0.2, 0) is 4.79 Å². The molecule has 0 bridgehead atoms. The Morgan fingerprint density at radius 2 is 1.73 bits per heavy atom. The van der Waals surface area contributed by atoms with Crippen molar-refractivity contribution in [1.29, 1.82) is 0 Å². The van der Waals surface area contributed by atoms with Crippen molar-refractivity contribution in [3.8, 4) is 0 Å². The largest absolute Gasteiger partial charge is 0.450 e.